The van der Waals surface area contributed by atoms with Gasteiger partial charge in [0.15, 0.2) is 0 Å². The van der Waals surface area contributed by atoms with Gasteiger partial charge in [-0.25, -0.2) is 0 Å². The molecular weight excluding hydrogens is 230 g/mol. The van der Waals surface area contributed by atoms with E-state index in [2.05, 4.69) is 31.4 Å². The van der Waals surface area contributed by atoms with E-state index in [1.54, 1.807) is 0 Å². The van der Waals surface area contributed by atoms with Gasteiger partial charge in [-0.05, 0) is 37.5 Å². The second-order valence-electron chi connectivity index (χ2n) is 5.28. The van der Waals surface area contributed by atoms with Crippen LogP contribution in [0.2, 0.25) is 0 Å². The SMILES string of the molecule is CCOCCN(CC)CC1(CS)CCCCC1. The number of thiol groups is 1. The van der Waals surface area contributed by atoms with Gasteiger partial charge < -0.3 is 9.64 Å². The lowest BCUT2D eigenvalue weighted by atomic mass is 9.75. The number of likely N-dealkylation sites (N-methyl/N-ethyl adjacent to an activating group) is 1. The highest BCUT2D eigenvalue weighted by molar-refractivity contribution is 7.80. The van der Waals surface area contributed by atoms with Gasteiger partial charge in [-0.3, -0.25) is 0 Å². The van der Waals surface area contributed by atoms with Crippen LogP contribution in [0.5, 0.6) is 0 Å². The van der Waals surface area contributed by atoms with Gasteiger partial charge in [-0.2, -0.15) is 12.6 Å². The number of rotatable bonds is 8. The normalized spacial score (nSPS) is 19.8. The maximum Gasteiger partial charge on any atom is 0.0593 e. The highest BCUT2D eigenvalue weighted by Crippen LogP contribution is 2.37. The summed E-state index contributed by atoms with van der Waals surface area (Å²) in [6, 6.07) is 0. The minimum Gasteiger partial charge on any atom is -0.380 e. The first kappa shape index (κ1) is 15.3. The summed E-state index contributed by atoms with van der Waals surface area (Å²) in [4.78, 5) is 2.54. The second-order valence-corrected chi connectivity index (χ2v) is 5.60. The Hall–Kier alpha value is 0.270. The van der Waals surface area contributed by atoms with Gasteiger partial charge in [0.2, 0.25) is 0 Å². The lowest BCUT2D eigenvalue weighted by molar-refractivity contribution is 0.0817. The third kappa shape index (κ3) is 5.19. The molecule has 2 nitrogen and oxygen atoms in total. The predicted molar refractivity (Wildman–Crippen MR) is 78.0 cm³/mol. The summed E-state index contributed by atoms with van der Waals surface area (Å²) in [5.41, 5.74) is 0.476. The molecule has 1 fully saturated rings. The number of hydrogen-bond donors (Lipinski definition) is 1. The van der Waals surface area contributed by atoms with Crippen LogP contribution in [0.4, 0.5) is 0 Å². The van der Waals surface area contributed by atoms with E-state index < -0.39 is 0 Å². The zero-order chi connectivity index (χ0) is 12.6. The zero-order valence-electron chi connectivity index (χ0n) is 11.6. The molecule has 1 rings (SSSR count). The van der Waals surface area contributed by atoms with Crippen molar-refractivity contribution in [2.45, 2.75) is 46.0 Å². The van der Waals surface area contributed by atoms with Crippen LogP contribution in [0.3, 0.4) is 0 Å². The minimum atomic E-state index is 0.476. The fourth-order valence-corrected chi connectivity index (χ4v) is 3.25. The Morgan fingerprint density at radius 1 is 1.18 bits per heavy atom. The van der Waals surface area contributed by atoms with Crippen LogP contribution in [0, 0.1) is 5.41 Å². The summed E-state index contributed by atoms with van der Waals surface area (Å²) in [5.74, 6) is 1.04. The summed E-state index contributed by atoms with van der Waals surface area (Å²) < 4.78 is 5.46. The standard InChI is InChI=1S/C14H29NOS/c1-3-15(10-11-16-4-2)12-14(13-17)8-6-5-7-9-14/h17H,3-13H2,1-2H3. The fraction of sp³-hybridized carbons (Fsp3) is 1.00. The first-order chi connectivity index (χ1) is 8.26. The summed E-state index contributed by atoms with van der Waals surface area (Å²) in [6.45, 7) is 9.42. The lowest BCUT2D eigenvalue weighted by Gasteiger charge is -2.40. The van der Waals surface area contributed by atoms with Crippen LogP contribution in [0.25, 0.3) is 0 Å². The third-order valence-electron chi connectivity index (χ3n) is 4.01. The summed E-state index contributed by atoms with van der Waals surface area (Å²) in [7, 11) is 0. The first-order valence-corrected chi connectivity index (χ1v) is 7.80. The molecule has 0 aromatic carbocycles. The maximum absolute atomic E-state index is 5.46. The van der Waals surface area contributed by atoms with Gasteiger partial charge in [0, 0.05) is 19.7 Å². The smallest absolute Gasteiger partial charge is 0.0593 e. The highest BCUT2D eigenvalue weighted by atomic mass is 32.1. The molecule has 0 aromatic heterocycles. The van der Waals surface area contributed by atoms with Crippen LogP contribution in [-0.2, 0) is 4.74 Å². The monoisotopic (exact) mass is 259 g/mol. The number of hydrogen-bond acceptors (Lipinski definition) is 3. The van der Waals surface area contributed by atoms with Gasteiger partial charge in [-0.1, -0.05) is 26.2 Å². The Balaban J connectivity index is 2.40. The highest BCUT2D eigenvalue weighted by Gasteiger charge is 2.32. The van der Waals surface area contributed by atoms with Crippen molar-refractivity contribution in [3.05, 3.63) is 0 Å². The van der Waals surface area contributed by atoms with Crippen molar-refractivity contribution in [2.75, 3.05) is 38.6 Å². The fourth-order valence-electron chi connectivity index (χ4n) is 2.83. The molecule has 0 bridgehead atoms. The Morgan fingerprint density at radius 2 is 1.88 bits per heavy atom. The Bertz CT molecular complexity index is 193. The maximum atomic E-state index is 5.46. The zero-order valence-corrected chi connectivity index (χ0v) is 12.5. The van der Waals surface area contributed by atoms with E-state index in [4.69, 9.17) is 4.74 Å². The molecule has 0 heterocycles. The molecule has 3 heteroatoms. The van der Waals surface area contributed by atoms with E-state index in [0.29, 0.717) is 5.41 Å². The topological polar surface area (TPSA) is 12.5 Å². The second kappa shape index (κ2) is 8.39. The Kier molecular flexibility index (Phi) is 7.56. The van der Waals surface area contributed by atoms with Crippen LogP contribution in [-0.4, -0.2) is 43.5 Å². The van der Waals surface area contributed by atoms with Crippen molar-refractivity contribution < 1.29 is 4.74 Å². The molecule has 0 saturated heterocycles. The average molecular weight is 259 g/mol. The van der Waals surface area contributed by atoms with Crippen molar-refractivity contribution in [1.29, 1.82) is 0 Å². The Morgan fingerprint density at radius 3 is 2.41 bits per heavy atom. The molecule has 0 N–H and O–H groups in total. The predicted octanol–water partition coefficient (Wildman–Crippen LogP) is 3.23. The lowest BCUT2D eigenvalue weighted by Crippen LogP contribution is -2.41. The molecule has 17 heavy (non-hydrogen) atoms. The quantitative estimate of drug-likeness (QED) is 0.531. The first-order valence-electron chi connectivity index (χ1n) is 7.17. The molecule has 1 aliphatic rings. The third-order valence-corrected chi connectivity index (χ3v) is 4.68. The average Bonchev–Trinajstić information content (AvgIpc) is 2.39. The van der Waals surface area contributed by atoms with Crippen LogP contribution in [0.1, 0.15) is 46.0 Å². The molecule has 0 amide bonds. The molecule has 0 atom stereocenters. The van der Waals surface area contributed by atoms with E-state index in [1.807, 2.05) is 0 Å². The van der Waals surface area contributed by atoms with Gasteiger partial charge in [0.05, 0.1) is 6.61 Å². The van der Waals surface area contributed by atoms with Crippen LogP contribution < -0.4 is 0 Å². The van der Waals surface area contributed by atoms with Gasteiger partial charge >= 0.3 is 0 Å². The molecule has 0 aliphatic heterocycles. The van der Waals surface area contributed by atoms with E-state index in [-0.39, 0.29) is 0 Å². The van der Waals surface area contributed by atoms with Crippen molar-refractivity contribution >= 4 is 12.6 Å². The van der Waals surface area contributed by atoms with Crippen molar-refractivity contribution in [3.8, 4) is 0 Å². The van der Waals surface area contributed by atoms with E-state index in [1.165, 1.54) is 38.6 Å². The molecule has 0 spiro atoms. The largest absolute Gasteiger partial charge is 0.380 e. The molecule has 1 aliphatic carbocycles. The molecule has 0 aromatic rings. The van der Waals surface area contributed by atoms with Crippen molar-refractivity contribution in [1.82, 2.24) is 4.90 Å². The van der Waals surface area contributed by atoms with Gasteiger partial charge in [0.1, 0.15) is 0 Å². The van der Waals surface area contributed by atoms with Crippen molar-refractivity contribution in [2.24, 2.45) is 5.41 Å². The van der Waals surface area contributed by atoms with E-state index in [0.717, 1.165) is 32.1 Å². The van der Waals surface area contributed by atoms with Gasteiger partial charge in [-0.15, -0.1) is 0 Å². The summed E-state index contributed by atoms with van der Waals surface area (Å²) in [6.07, 6.45) is 6.93. The van der Waals surface area contributed by atoms with Gasteiger partial charge in [0.25, 0.3) is 0 Å². The molecule has 1 saturated carbocycles. The minimum absolute atomic E-state index is 0.476. The van der Waals surface area contributed by atoms with E-state index in [9.17, 15) is 0 Å². The summed E-state index contributed by atoms with van der Waals surface area (Å²) >= 11 is 4.61. The number of ether oxygens (including phenoxy) is 1. The van der Waals surface area contributed by atoms with Crippen molar-refractivity contribution in [3.63, 3.8) is 0 Å². The van der Waals surface area contributed by atoms with Crippen LogP contribution >= 0.6 is 12.6 Å². The Labute approximate surface area is 113 Å². The molecule has 0 unspecified atom stereocenters. The molecular formula is C14H29NOS. The summed E-state index contributed by atoms with van der Waals surface area (Å²) in [5, 5.41) is 0. The molecule has 102 valence electrons. The van der Waals surface area contributed by atoms with Crippen LogP contribution in [0.15, 0.2) is 0 Å². The van der Waals surface area contributed by atoms with E-state index >= 15 is 0 Å². The number of nitrogens with zero attached hydrogens (tertiary/aromatic N) is 1. The molecule has 0 radical (unpaired) electrons.